The summed E-state index contributed by atoms with van der Waals surface area (Å²) < 4.78 is 2.74. The van der Waals surface area contributed by atoms with Crippen LogP contribution in [0.15, 0.2) is 0 Å². The Morgan fingerprint density at radius 3 is 2.38 bits per heavy atom. The minimum atomic E-state index is -1.82. The molecule has 74 valence electrons. The molecule has 1 saturated heterocycles. The summed E-state index contributed by atoms with van der Waals surface area (Å²) in [6, 6.07) is 0. The normalized spacial score (nSPS) is 27.8. The lowest BCUT2D eigenvalue weighted by atomic mass is 10.1. The van der Waals surface area contributed by atoms with Crippen LogP contribution in [0.3, 0.4) is 0 Å². The van der Waals surface area contributed by atoms with E-state index in [1.807, 2.05) is 0 Å². The van der Waals surface area contributed by atoms with E-state index in [2.05, 4.69) is 4.74 Å². The molecule has 13 heavy (non-hydrogen) atoms. The van der Waals surface area contributed by atoms with Gasteiger partial charge in [0.05, 0.1) is 0 Å². The minimum absolute atomic E-state index is 0.0279. The van der Waals surface area contributed by atoms with E-state index in [0.29, 0.717) is 0 Å². The van der Waals surface area contributed by atoms with E-state index in [9.17, 15) is 9.59 Å². The van der Waals surface area contributed by atoms with E-state index in [1.54, 1.807) is 0 Å². The minimum Gasteiger partial charge on any atom is -0.442 e. The lowest BCUT2D eigenvalue weighted by molar-refractivity contribution is -0.177. The fourth-order valence-electron chi connectivity index (χ4n) is 0.911. The van der Waals surface area contributed by atoms with Crippen molar-refractivity contribution >= 4 is 57.6 Å². The average Bonchev–Trinajstić information content (AvgIpc) is 1.81. The highest BCUT2D eigenvalue weighted by atomic mass is 35.5. The number of cyclic esters (lactones) is 1. The topological polar surface area (TPSA) is 43.4 Å². The maximum Gasteiger partial charge on any atom is 0.312 e. The Hall–Kier alpha value is 0.300. The SMILES string of the molecule is O=C1CC(Cl)(CC(Cl)(Cl)C(=O)Cl)O1. The molecule has 0 spiro atoms. The molecule has 0 radical (unpaired) electrons. The number of esters is 1. The molecule has 1 heterocycles. The molecule has 0 bridgehead atoms. The van der Waals surface area contributed by atoms with Gasteiger partial charge in [0.25, 0.3) is 5.24 Å². The first-order valence-electron chi connectivity index (χ1n) is 3.24. The summed E-state index contributed by atoms with van der Waals surface area (Å²) >= 11 is 21.8. The number of alkyl halides is 3. The zero-order chi connectivity index (χ0) is 10.3. The second kappa shape index (κ2) is 3.46. The Labute approximate surface area is 94.2 Å². The molecule has 0 aromatic heterocycles. The first kappa shape index (κ1) is 11.4. The predicted molar refractivity (Wildman–Crippen MR) is 49.2 cm³/mol. The quantitative estimate of drug-likeness (QED) is 0.446. The van der Waals surface area contributed by atoms with Gasteiger partial charge < -0.3 is 4.74 Å². The van der Waals surface area contributed by atoms with Crippen LogP contribution in [0.25, 0.3) is 0 Å². The summed E-state index contributed by atoms with van der Waals surface area (Å²) in [5, 5.41) is -2.23. The maximum atomic E-state index is 10.7. The zero-order valence-corrected chi connectivity index (χ0v) is 9.17. The Bertz CT molecular complexity index is 255. The lowest BCUT2D eigenvalue weighted by Crippen LogP contribution is -2.47. The fourth-order valence-corrected chi connectivity index (χ4v) is 1.94. The largest absolute Gasteiger partial charge is 0.442 e. The van der Waals surface area contributed by atoms with Crippen molar-refractivity contribution in [1.82, 2.24) is 0 Å². The monoisotopic (exact) mass is 264 g/mol. The van der Waals surface area contributed by atoms with Crippen molar-refractivity contribution < 1.29 is 14.3 Å². The van der Waals surface area contributed by atoms with Crippen LogP contribution in [-0.4, -0.2) is 20.6 Å². The molecule has 1 atom stereocenters. The molecule has 1 aliphatic rings. The van der Waals surface area contributed by atoms with Gasteiger partial charge >= 0.3 is 5.97 Å². The van der Waals surface area contributed by atoms with Gasteiger partial charge in [-0.3, -0.25) is 9.59 Å². The summed E-state index contributed by atoms with van der Waals surface area (Å²) in [5.41, 5.74) is 0. The number of halogens is 4. The number of carbonyl (C=O) groups is 2. The van der Waals surface area contributed by atoms with Gasteiger partial charge in [0.15, 0.2) is 9.39 Å². The summed E-state index contributed by atoms with van der Waals surface area (Å²) in [7, 11) is 0. The van der Waals surface area contributed by atoms with Gasteiger partial charge in [-0.1, -0.05) is 34.8 Å². The van der Waals surface area contributed by atoms with E-state index < -0.39 is 20.6 Å². The summed E-state index contributed by atoms with van der Waals surface area (Å²) in [6.45, 7) is 0. The standard InChI is InChI=1S/C6H4Cl4O3/c7-4(12)6(9,10)2-5(8)1-3(11)13-5/h1-2H2. The highest BCUT2D eigenvalue weighted by molar-refractivity contribution is 6.78. The highest BCUT2D eigenvalue weighted by Crippen LogP contribution is 2.44. The van der Waals surface area contributed by atoms with Crippen molar-refractivity contribution in [2.45, 2.75) is 22.2 Å². The molecular formula is C6H4Cl4O3. The van der Waals surface area contributed by atoms with Crippen molar-refractivity contribution in [1.29, 1.82) is 0 Å². The second-order valence-corrected chi connectivity index (χ2v) is 5.20. The van der Waals surface area contributed by atoms with Gasteiger partial charge in [0.2, 0.25) is 0 Å². The van der Waals surface area contributed by atoms with Crippen LogP contribution in [0.1, 0.15) is 12.8 Å². The van der Waals surface area contributed by atoms with Crippen molar-refractivity contribution in [3.05, 3.63) is 0 Å². The van der Waals surface area contributed by atoms with Gasteiger partial charge in [-0.25, -0.2) is 0 Å². The molecular weight excluding hydrogens is 262 g/mol. The molecule has 1 rings (SSSR count). The second-order valence-electron chi connectivity index (χ2n) is 2.69. The molecule has 7 heteroatoms. The van der Waals surface area contributed by atoms with Crippen LogP contribution in [0.4, 0.5) is 0 Å². The van der Waals surface area contributed by atoms with E-state index in [-0.39, 0.29) is 12.8 Å². The van der Waals surface area contributed by atoms with Crippen molar-refractivity contribution in [3.8, 4) is 0 Å². The molecule has 1 unspecified atom stereocenters. The molecule has 3 nitrogen and oxygen atoms in total. The van der Waals surface area contributed by atoms with E-state index in [4.69, 9.17) is 46.4 Å². The third kappa shape index (κ3) is 2.62. The summed E-state index contributed by atoms with van der Waals surface area (Å²) in [4.78, 5) is 21.1. The molecule has 0 N–H and O–H groups in total. The number of hydrogen-bond acceptors (Lipinski definition) is 3. The summed E-state index contributed by atoms with van der Waals surface area (Å²) in [6.07, 6.45) is -0.251. The zero-order valence-electron chi connectivity index (χ0n) is 6.15. The molecule has 0 aliphatic carbocycles. The average molecular weight is 266 g/mol. The van der Waals surface area contributed by atoms with Crippen molar-refractivity contribution in [2.24, 2.45) is 0 Å². The van der Waals surface area contributed by atoms with E-state index >= 15 is 0 Å². The van der Waals surface area contributed by atoms with Crippen LogP contribution in [0, 0.1) is 0 Å². The van der Waals surface area contributed by atoms with Crippen LogP contribution < -0.4 is 0 Å². The number of ether oxygens (including phenoxy) is 1. The third-order valence-corrected chi connectivity index (χ3v) is 2.95. The third-order valence-electron chi connectivity index (χ3n) is 1.48. The predicted octanol–water partition coefficient (Wildman–Crippen LogP) is 2.20. The van der Waals surface area contributed by atoms with E-state index in [1.165, 1.54) is 0 Å². The van der Waals surface area contributed by atoms with Gasteiger partial charge in [0.1, 0.15) is 6.42 Å². The Morgan fingerprint density at radius 1 is 1.62 bits per heavy atom. The smallest absolute Gasteiger partial charge is 0.312 e. The molecule has 0 amide bonds. The first-order valence-corrected chi connectivity index (χ1v) is 4.75. The highest BCUT2D eigenvalue weighted by Gasteiger charge is 2.51. The van der Waals surface area contributed by atoms with Crippen LogP contribution in [0.2, 0.25) is 0 Å². The Balaban J connectivity index is 2.58. The van der Waals surface area contributed by atoms with Gasteiger partial charge in [0, 0.05) is 6.42 Å². The van der Waals surface area contributed by atoms with Crippen LogP contribution >= 0.6 is 46.4 Å². The van der Waals surface area contributed by atoms with Crippen LogP contribution in [-0.2, 0) is 14.3 Å². The molecule has 0 saturated carbocycles. The molecule has 0 aromatic rings. The van der Waals surface area contributed by atoms with E-state index in [0.717, 1.165) is 0 Å². The lowest BCUT2D eigenvalue weighted by Gasteiger charge is -2.37. The Kier molecular flexibility index (Phi) is 3.03. The van der Waals surface area contributed by atoms with Crippen LogP contribution in [0.5, 0.6) is 0 Å². The molecule has 1 fully saturated rings. The van der Waals surface area contributed by atoms with Gasteiger partial charge in [-0.05, 0) is 11.6 Å². The van der Waals surface area contributed by atoms with Gasteiger partial charge in [-0.2, -0.15) is 0 Å². The fraction of sp³-hybridized carbons (Fsp3) is 0.667. The van der Waals surface area contributed by atoms with Crippen molar-refractivity contribution in [3.63, 3.8) is 0 Å². The molecule has 0 aromatic carbocycles. The molecule has 1 aliphatic heterocycles. The Morgan fingerprint density at radius 2 is 2.08 bits per heavy atom. The van der Waals surface area contributed by atoms with Gasteiger partial charge in [-0.15, -0.1) is 0 Å². The van der Waals surface area contributed by atoms with Crippen molar-refractivity contribution in [2.75, 3.05) is 0 Å². The number of carbonyl (C=O) groups excluding carboxylic acids is 2. The number of hydrogen-bond donors (Lipinski definition) is 0. The maximum absolute atomic E-state index is 10.7. The first-order chi connectivity index (χ1) is 5.75. The number of rotatable bonds is 3. The summed E-state index contributed by atoms with van der Waals surface area (Å²) in [5.74, 6) is -0.457.